The summed E-state index contributed by atoms with van der Waals surface area (Å²) >= 11 is 4.91. The van der Waals surface area contributed by atoms with Crippen molar-refractivity contribution in [2.45, 2.75) is 13.3 Å². The normalized spacial score (nSPS) is 19.0. The molecule has 0 aromatic carbocycles. The molecule has 12 heavy (non-hydrogen) atoms. The lowest BCUT2D eigenvalue weighted by Gasteiger charge is -2.32. The Bertz CT molecular complexity index is 252. The first-order valence-electron chi connectivity index (χ1n) is 3.68. The van der Waals surface area contributed by atoms with Gasteiger partial charge in [-0.2, -0.15) is 0 Å². The minimum atomic E-state index is -0.227. The second-order valence-electron chi connectivity index (χ2n) is 2.55. The zero-order valence-corrected chi connectivity index (χ0v) is 7.85. The molecule has 2 amide bonds. The highest BCUT2D eigenvalue weighted by Gasteiger charge is 2.31. The molecule has 1 heterocycles. The van der Waals surface area contributed by atoms with Crippen molar-refractivity contribution in [3.8, 4) is 0 Å². The average molecular weight is 186 g/mol. The van der Waals surface area contributed by atoms with Crippen LogP contribution in [0, 0.1) is 0 Å². The van der Waals surface area contributed by atoms with Gasteiger partial charge in [0.05, 0.1) is 0 Å². The van der Waals surface area contributed by atoms with E-state index in [1.807, 2.05) is 6.92 Å². The summed E-state index contributed by atoms with van der Waals surface area (Å²) in [6, 6.07) is 0. The molecule has 0 atom stereocenters. The molecular weight excluding hydrogens is 176 g/mol. The van der Waals surface area contributed by atoms with Gasteiger partial charge in [-0.3, -0.25) is 19.4 Å². The zero-order chi connectivity index (χ0) is 9.30. The maximum atomic E-state index is 11.2. The van der Waals surface area contributed by atoms with E-state index in [1.54, 1.807) is 7.05 Å². The summed E-state index contributed by atoms with van der Waals surface area (Å²) in [5.74, 6) is -0.430. The first-order valence-corrected chi connectivity index (χ1v) is 4.09. The number of hydrogen-bond donors (Lipinski definition) is 0. The molecule has 0 saturated carbocycles. The van der Waals surface area contributed by atoms with Crippen LogP contribution in [0.3, 0.4) is 0 Å². The number of carbonyl (C=O) groups excluding carboxylic acids is 2. The van der Waals surface area contributed by atoms with E-state index in [1.165, 1.54) is 9.80 Å². The minimum Gasteiger partial charge on any atom is -0.292 e. The molecule has 4 nitrogen and oxygen atoms in total. The Kier molecular flexibility index (Phi) is 2.42. The van der Waals surface area contributed by atoms with E-state index in [2.05, 4.69) is 0 Å². The summed E-state index contributed by atoms with van der Waals surface area (Å²) in [5, 5.41) is 0.304. The fourth-order valence-electron chi connectivity index (χ4n) is 1.05. The van der Waals surface area contributed by atoms with E-state index in [0.29, 0.717) is 11.7 Å². The summed E-state index contributed by atoms with van der Waals surface area (Å²) in [5.41, 5.74) is 0. The molecule has 5 heteroatoms. The number of amides is 2. The molecule has 0 aliphatic carbocycles. The molecule has 1 rings (SSSR count). The largest absolute Gasteiger partial charge is 0.292 e. The predicted molar refractivity (Wildman–Crippen MR) is 47.4 cm³/mol. The second kappa shape index (κ2) is 3.18. The lowest BCUT2D eigenvalue weighted by molar-refractivity contribution is -0.139. The Balaban J connectivity index is 2.86. The summed E-state index contributed by atoms with van der Waals surface area (Å²) in [6.07, 6.45) is -0.0650. The molecule has 1 aliphatic heterocycles. The third kappa shape index (κ3) is 1.32. The van der Waals surface area contributed by atoms with E-state index in [-0.39, 0.29) is 18.2 Å². The van der Waals surface area contributed by atoms with Crippen LogP contribution in [0.15, 0.2) is 0 Å². The van der Waals surface area contributed by atoms with Gasteiger partial charge in [0.1, 0.15) is 6.42 Å². The smallest absolute Gasteiger partial charge is 0.238 e. The van der Waals surface area contributed by atoms with Gasteiger partial charge < -0.3 is 0 Å². The molecule has 1 aliphatic rings. The van der Waals surface area contributed by atoms with Crippen LogP contribution in [0.1, 0.15) is 13.3 Å². The quantitative estimate of drug-likeness (QED) is 0.427. The highest BCUT2D eigenvalue weighted by Crippen LogP contribution is 2.09. The number of nitrogens with zero attached hydrogens (tertiary/aromatic N) is 2. The molecule has 0 N–H and O–H groups in total. The summed E-state index contributed by atoms with van der Waals surface area (Å²) < 4.78 is 0. The minimum absolute atomic E-state index is 0.0650. The van der Waals surface area contributed by atoms with E-state index < -0.39 is 0 Å². The Morgan fingerprint density at radius 1 is 1.42 bits per heavy atom. The maximum absolute atomic E-state index is 11.2. The molecule has 1 saturated heterocycles. The fraction of sp³-hybridized carbons (Fsp3) is 0.571. The zero-order valence-electron chi connectivity index (χ0n) is 7.03. The van der Waals surface area contributed by atoms with Crippen LogP contribution in [0.4, 0.5) is 0 Å². The van der Waals surface area contributed by atoms with Crippen LogP contribution in [-0.4, -0.2) is 40.3 Å². The van der Waals surface area contributed by atoms with E-state index >= 15 is 0 Å². The van der Waals surface area contributed by atoms with Gasteiger partial charge in [-0.05, 0) is 19.1 Å². The number of rotatable bonds is 1. The maximum Gasteiger partial charge on any atom is 0.238 e. The van der Waals surface area contributed by atoms with Crippen LogP contribution < -0.4 is 0 Å². The molecular formula is C7H10N2O2S. The number of carbonyl (C=O) groups is 2. The van der Waals surface area contributed by atoms with Crippen LogP contribution >= 0.6 is 12.2 Å². The Hall–Kier alpha value is -0.970. The van der Waals surface area contributed by atoms with Crippen LogP contribution in [0.2, 0.25) is 0 Å². The van der Waals surface area contributed by atoms with Gasteiger partial charge >= 0.3 is 0 Å². The monoisotopic (exact) mass is 186 g/mol. The number of thiocarbonyl (C=S) groups is 1. The van der Waals surface area contributed by atoms with Crippen molar-refractivity contribution in [2.75, 3.05) is 13.6 Å². The van der Waals surface area contributed by atoms with Gasteiger partial charge in [-0.15, -0.1) is 0 Å². The lowest BCUT2D eigenvalue weighted by Crippen LogP contribution is -2.52. The van der Waals surface area contributed by atoms with Gasteiger partial charge in [-0.1, -0.05) is 0 Å². The third-order valence-corrected chi connectivity index (χ3v) is 2.31. The molecule has 0 aromatic heterocycles. The second-order valence-corrected chi connectivity index (χ2v) is 2.92. The Morgan fingerprint density at radius 2 is 2.00 bits per heavy atom. The highest BCUT2D eigenvalue weighted by atomic mass is 32.1. The first kappa shape index (κ1) is 9.12. The van der Waals surface area contributed by atoms with Crippen molar-refractivity contribution in [1.82, 2.24) is 9.80 Å². The van der Waals surface area contributed by atoms with Crippen molar-refractivity contribution < 1.29 is 9.59 Å². The van der Waals surface area contributed by atoms with Gasteiger partial charge in [-0.25, -0.2) is 0 Å². The Morgan fingerprint density at radius 3 is 2.50 bits per heavy atom. The van der Waals surface area contributed by atoms with Crippen molar-refractivity contribution in [2.24, 2.45) is 0 Å². The molecule has 0 spiro atoms. The fourth-order valence-corrected chi connectivity index (χ4v) is 1.38. The predicted octanol–water partition coefficient (Wildman–Crippen LogP) is -0.0181. The van der Waals surface area contributed by atoms with Gasteiger partial charge in [0, 0.05) is 13.6 Å². The third-order valence-electron chi connectivity index (χ3n) is 1.81. The van der Waals surface area contributed by atoms with Crippen LogP contribution in [0.25, 0.3) is 0 Å². The standard InChI is InChI=1S/C7H10N2O2S/c1-3-9-6(11)4-5(10)8(2)7(9)12/h3-4H2,1-2H3. The van der Waals surface area contributed by atoms with E-state index in [9.17, 15) is 9.59 Å². The SMILES string of the molecule is CCN1C(=O)CC(=O)N(C)C1=S. The molecule has 0 radical (unpaired) electrons. The van der Waals surface area contributed by atoms with Gasteiger partial charge in [0.2, 0.25) is 11.8 Å². The molecule has 0 bridgehead atoms. The molecule has 0 aromatic rings. The van der Waals surface area contributed by atoms with Gasteiger partial charge in [0.25, 0.3) is 0 Å². The Labute approximate surface area is 76.1 Å². The highest BCUT2D eigenvalue weighted by molar-refractivity contribution is 7.80. The van der Waals surface area contributed by atoms with Crippen LogP contribution in [0.5, 0.6) is 0 Å². The summed E-state index contributed by atoms with van der Waals surface area (Å²) in [4.78, 5) is 25.0. The summed E-state index contributed by atoms with van der Waals surface area (Å²) in [6.45, 7) is 2.35. The van der Waals surface area contributed by atoms with Gasteiger partial charge in [0.15, 0.2) is 5.11 Å². The first-order chi connectivity index (χ1) is 5.57. The summed E-state index contributed by atoms with van der Waals surface area (Å²) in [7, 11) is 1.58. The van der Waals surface area contributed by atoms with Crippen molar-refractivity contribution in [3.05, 3.63) is 0 Å². The lowest BCUT2D eigenvalue weighted by atomic mass is 10.3. The van der Waals surface area contributed by atoms with E-state index in [0.717, 1.165) is 0 Å². The van der Waals surface area contributed by atoms with E-state index in [4.69, 9.17) is 12.2 Å². The molecule has 66 valence electrons. The molecule has 0 unspecified atom stereocenters. The van der Waals surface area contributed by atoms with Crippen molar-refractivity contribution in [1.29, 1.82) is 0 Å². The van der Waals surface area contributed by atoms with Crippen molar-refractivity contribution in [3.63, 3.8) is 0 Å². The van der Waals surface area contributed by atoms with Crippen LogP contribution in [-0.2, 0) is 9.59 Å². The average Bonchev–Trinajstić information content (AvgIpc) is 2.01. The molecule has 1 fully saturated rings. The van der Waals surface area contributed by atoms with Crippen molar-refractivity contribution >= 4 is 29.1 Å². The topological polar surface area (TPSA) is 40.6 Å². The number of hydrogen-bond acceptors (Lipinski definition) is 3.